The summed E-state index contributed by atoms with van der Waals surface area (Å²) in [6.45, 7) is 1.01. The quantitative estimate of drug-likeness (QED) is 0.873. The topological polar surface area (TPSA) is 58.2 Å². The monoisotopic (exact) mass is 322 g/mol. The third kappa shape index (κ3) is 4.18. The number of hydrogen-bond donors (Lipinski definition) is 2. The first-order chi connectivity index (χ1) is 9.81. The molecule has 0 aromatic heterocycles. The molecule has 21 heavy (non-hydrogen) atoms. The van der Waals surface area contributed by atoms with E-state index in [9.17, 15) is 21.6 Å². The molecule has 4 nitrogen and oxygen atoms in total. The zero-order valence-corrected chi connectivity index (χ0v) is 12.1. The predicted molar refractivity (Wildman–Crippen MR) is 72.3 cm³/mol. The highest BCUT2D eigenvalue weighted by Crippen LogP contribution is 2.33. The normalized spacial score (nSPS) is 19.9. The molecule has 1 atom stereocenters. The van der Waals surface area contributed by atoms with Gasteiger partial charge < -0.3 is 5.32 Å². The molecule has 2 rings (SSSR count). The van der Waals surface area contributed by atoms with Gasteiger partial charge in [0.15, 0.2) is 0 Å². The number of benzene rings is 1. The van der Waals surface area contributed by atoms with Gasteiger partial charge in [-0.05, 0) is 37.9 Å². The van der Waals surface area contributed by atoms with Gasteiger partial charge in [-0.3, -0.25) is 0 Å². The lowest BCUT2D eigenvalue weighted by Crippen LogP contribution is -2.31. The first-order valence-electron chi connectivity index (χ1n) is 6.70. The molecule has 2 N–H and O–H groups in total. The van der Waals surface area contributed by atoms with Crippen molar-refractivity contribution in [3.05, 3.63) is 29.8 Å². The SMILES string of the molecule is O=S(=O)(NCC[C@@H]1CCCN1)c1ccccc1C(F)(F)F. The van der Waals surface area contributed by atoms with E-state index in [0.717, 1.165) is 31.5 Å². The van der Waals surface area contributed by atoms with Crippen LogP contribution in [0.1, 0.15) is 24.8 Å². The number of alkyl halides is 3. The van der Waals surface area contributed by atoms with Crippen LogP contribution >= 0.6 is 0 Å². The maximum absolute atomic E-state index is 12.8. The maximum atomic E-state index is 12.8. The van der Waals surface area contributed by atoms with E-state index in [-0.39, 0.29) is 12.6 Å². The van der Waals surface area contributed by atoms with Gasteiger partial charge in [0, 0.05) is 12.6 Å². The van der Waals surface area contributed by atoms with Crippen LogP contribution in [-0.2, 0) is 16.2 Å². The van der Waals surface area contributed by atoms with E-state index in [1.165, 1.54) is 12.1 Å². The van der Waals surface area contributed by atoms with Crippen LogP contribution in [0, 0.1) is 0 Å². The standard InChI is InChI=1S/C13H17F3N2O2S/c14-13(15,16)11-5-1-2-6-12(11)21(19,20)18-9-7-10-4-3-8-17-10/h1-2,5-6,10,17-18H,3-4,7-9H2/t10-/m0/s1. The van der Waals surface area contributed by atoms with Crippen molar-refractivity contribution < 1.29 is 21.6 Å². The molecule has 1 fully saturated rings. The zero-order chi connectivity index (χ0) is 15.5. The number of nitrogens with one attached hydrogen (secondary N) is 2. The van der Waals surface area contributed by atoms with E-state index in [1.54, 1.807) is 0 Å². The lowest BCUT2D eigenvalue weighted by atomic mass is 10.2. The van der Waals surface area contributed by atoms with Crippen LogP contribution in [0.15, 0.2) is 29.2 Å². The van der Waals surface area contributed by atoms with Crippen molar-refractivity contribution >= 4 is 10.0 Å². The number of halogens is 3. The minimum atomic E-state index is -4.70. The van der Waals surface area contributed by atoms with Crippen LogP contribution in [0.4, 0.5) is 13.2 Å². The van der Waals surface area contributed by atoms with E-state index in [1.807, 2.05) is 0 Å². The Balaban J connectivity index is 2.08. The van der Waals surface area contributed by atoms with Gasteiger partial charge in [0.05, 0.1) is 10.5 Å². The molecule has 0 radical (unpaired) electrons. The molecular weight excluding hydrogens is 305 g/mol. The van der Waals surface area contributed by atoms with Gasteiger partial charge in [0.1, 0.15) is 0 Å². The van der Waals surface area contributed by atoms with Crippen LogP contribution < -0.4 is 10.0 Å². The Bertz CT molecular complexity index is 581. The van der Waals surface area contributed by atoms with Crippen LogP contribution in [0.25, 0.3) is 0 Å². The summed E-state index contributed by atoms with van der Waals surface area (Å²) in [7, 11) is -4.16. The van der Waals surface area contributed by atoms with E-state index in [0.29, 0.717) is 6.42 Å². The van der Waals surface area contributed by atoms with Crippen molar-refractivity contribution in [3.8, 4) is 0 Å². The predicted octanol–water partition coefficient (Wildman–Crippen LogP) is 2.13. The number of hydrogen-bond acceptors (Lipinski definition) is 3. The fourth-order valence-electron chi connectivity index (χ4n) is 2.38. The highest BCUT2D eigenvalue weighted by Gasteiger charge is 2.36. The second-order valence-corrected chi connectivity index (χ2v) is 6.71. The Hall–Kier alpha value is -1.12. The van der Waals surface area contributed by atoms with Crippen LogP contribution in [0.3, 0.4) is 0 Å². The fourth-order valence-corrected chi connectivity index (χ4v) is 3.66. The first-order valence-corrected chi connectivity index (χ1v) is 8.18. The van der Waals surface area contributed by atoms with Gasteiger partial charge in [-0.1, -0.05) is 12.1 Å². The molecule has 0 spiro atoms. The summed E-state index contributed by atoms with van der Waals surface area (Å²) in [6.07, 6.45) is -2.14. The van der Waals surface area contributed by atoms with E-state index >= 15 is 0 Å². The van der Waals surface area contributed by atoms with Crippen molar-refractivity contribution in [2.75, 3.05) is 13.1 Å². The third-order valence-corrected chi connectivity index (χ3v) is 4.95. The number of rotatable bonds is 5. The maximum Gasteiger partial charge on any atom is 0.417 e. The molecule has 0 amide bonds. The molecule has 1 aliphatic rings. The molecule has 8 heteroatoms. The molecule has 0 unspecified atom stereocenters. The second kappa shape index (κ2) is 6.33. The van der Waals surface area contributed by atoms with Gasteiger partial charge >= 0.3 is 6.18 Å². The Labute approximate surface area is 121 Å². The Morgan fingerprint density at radius 2 is 2.00 bits per heavy atom. The minimum absolute atomic E-state index is 0.117. The summed E-state index contributed by atoms with van der Waals surface area (Å²) < 4.78 is 64.9. The summed E-state index contributed by atoms with van der Waals surface area (Å²) in [4.78, 5) is -0.725. The van der Waals surface area contributed by atoms with Gasteiger partial charge in [0.2, 0.25) is 10.0 Å². The van der Waals surface area contributed by atoms with Crippen molar-refractivity contribution in [2.45, 2.75) is 36.4 Å². The molecule has 1 aromatic rings. The second-order valence-electron chi connectivity index (χ2n) is 4.97. The van der Waals surface area contributed by atoms with E-state index in [4.69, 9.17) is 0 Å². The molecule has 0 aliphatic carbocycles. The highest BCUT2D eigenvalue weighted by molar-refractivity contribution is 7.89. The third-order valence-electron chi connectivity index (χ3n) is 3.43. The van der Waals surface area contributed by atoms with Crippen molar-refractivity contribution in [1.82, 2.24) is 10.0 Å². The molecule has 1 aromatic carbocycles. The molecule has 0 saturated carbocycles. The van der Waals surface area contributed by atoms with Gasteiger partial charge in [-0.2, -0.15) is 13.2 Å². The highest BCUT2D eigenvalue weighted by atomic mass is 32.2. The van der Waals surface area contributed by atoms with Crippen molar-refractivity contribution in [1.29, 1.82) is 0 Å². The van der Waals surface area contributed by atoms with Crippen LogP contribution in [0.5, 0.6) is 0 Å². The molecule has 1 saturated heterocycles. The largest absolute Gasteiger partial charge is 0.417 e. The van der Waals surface area contributed by atoms with Gasteiger partial charge in [-0.25, -0.2) is 13.1 Å². The van der Waals surface area contributed by atoms with Gasteiger partial charge in [0.25, 0.3) is 0 Å². The summed E-state index contributed by atoms with van der Waals surface area (Å²) >= 11 is 0. The zero-order valence-electron chi connectivity index (χ0n) is 11.3. The average Bonchev–Trinajstić information content (AvgIpc) is 2.91. The lowest BCUT2D eigenvalue weighted by Gasteiger charge is -2.15. The summed E-state index contributed by atoms with van der Waals surface area (Å²) in [6, 6.07) is 4.42. The fraction of sp³-hybridized carbons (Fsp3) is 0.538. The summed E-state index contributed by atoms with van der Waals surface area (Å²) in [5.41, 5.74) is -1.14. The minimum Gasteiger partial charge on any atom is -0.314 e. The molecule has 1 heterocycles. The molecule has 0 bridgehead atoms. The van der Waals surface area contributed by atoms with E-state index in [2.05, 4.69) is 10.0 Å². The Morgan fingerprint density at radius 1 is 1.29 bits per heavy atom. The molecular formula is C13H17F3N2O2S. The van der Waals surface area contributed by atoms with Gasteiger partial charge in [-0.15, -0.1) is 0 Å². The number of sulfonamides is 1. The molecule has 118 valence electrons. The Morgan fingerprint density at radius 3 is 2.62 bits per heavy atom. The summed E-state index contributed by atoms with van der Waals surface area (Å²) in [5, 5.41) is 3.20. The first kappa shape index (κ1) is 16.3. The van der Waals surface area contributed by atoms with Crippen molar-refractivity contribution in [3.63, 3.8) is 0 Å². The smallest absolute Gasteiger partial charge is 0.314 e. The summed E-state index contributed by atoms with van der Waals surface area (Å²) in [5.74, 6) is 0. The van der Waals surface area contributed by atoms with Crippen molar-refractivity contribution in [2.24, 2.45) is 0 Å². The average molecular weight is 322 g/mol. The Kier molecular flexibility index (Phi) is 4.90. The molecule has 1 aliphatic heterocycles. The van der Waals surface area contributed by atoms with E-state index < -0.39 is 26.7 Å². The lowest BCUT2D eigenvalue weighted by molar-refractivity contribution is -0.139. The van der Waals surface area contributed by atoms with Crippen LogP contribution in [-0.4, -0.2) is 27.5 Å². The van der Waals surface area contributed by atoms with Crippen LogP contribution in [0.2, 0.25) is 0 Å².